The Kier molecular flexibility index (Phi) is 3.62. The summed E-state index contributed by atoms with van der Waals surface area (Å²) in [5.74, 6) is 1.71. The minimum atomic E-state index is -0.924. The van der Waals surface area contributed by atoms with Crippen LogP contribution in [0.25, 0.3) is 10.9 Å². The van der Waals surface area contributed by atoms with E-state index in [4.69, 9.17) is 9.47 Å². The molecular formula is C23H23NO4. The Hall–Kier alpha value is -2.79. The van der Waals surface area contributed by atoms with Gasteiger partial charge in [0, 0.05) is 23.0 Å². The van der Waals surface area contributed by atoms with Crippen molar-refractivity contribution in [3.63, 3.8) is 0 Å². The van der Waals surface area contributed by atoms with Gasteiger partial charge in [-0.15, -0.1) is 0 Å². The fraction of sp³-hybridized carbons (Fsp3) is 0.348. The Morgan fingerprint density at radius 3 is 2.64 bits per heavy atom. The molecule has 2 N–H and O–H groups in total. The smallest absolute Gasteiger partial charge is 0.231 e. The molecule has 5 nitrogen and oxygen atoms in total. The van der Waals surface area contributed by atoms with Gasteiger partial charge in [-0.3, -0.25) is 4.79 Å². The van der Waals surface area contributed by atoms with Crippen LogP contribution in [-0.2, 0) is 22.2 Å². The summed E-state index contributed by atoms with van der Waals surface area (Å²) in [4.78, 5) is 16.4. The highest BCUT2D eigenvalue weighted by molar-refractivity contribution is 5.95. The minimum absolute atomic E-state index is 0.239. The van der Waals surface area contributed by atoms with E-state index in [2.05, 4.69) is 4.98 Å². The Bertz CT molecular complexity index is 1090. The van der Waals surface area contributed by atoms with Gasteiger partial charge in [0.25, 0.3) is 0 Å². The number of H-pyrrole nitrogens is 1. The molecule has 0 unspecified atom stereocenters. The van der Waals surface area contributed by atoms with E-state index >= 15 is 0 Å². The molecule has 5 rings (SSSR count). The predicted octanol–water partition coefficient (Wildman–Crippen LogP) is 3.97. The second-order valence-electron chi connectivity index (χ2n) is 8.41. The van der Waals surface area contributed by atoms with Crippen molar-refractivity contribution in [2.45, 2.75) is 44.1 Å². The van der Waals surface area contributed by atoms with Crippen LogP contribution in [-0.4, -0.2) is 22.7 Å². The zero-order valence-corrected chi connectivity index (χ0v) is 16.0. The lowest BCUT2D eigenvalue weighted by Gasteiger charge is -2.15. The number of hydrogen-bond donors (Lipinski definition) is 2. The Morgan fingerprint density at radius 2 is 1.89 bits per heavy atom. The van der Waals surface area contributed by atoms with Gasteiger partial charge in [-0.25, -0.2) is 0 Å². The monoisotopic (exact) mass is 377 g/mol. The molecule has 0 atom stereocenters. The zero-order chi connectivity index (χ0) is 19.5. The average Bonchev–Trinajstić information content (AvgIpc) is 3.13. The van der Waals surface area contributed by atoms with Crippen LogP contribution >= 0.6 is 0 Å². The predicted molar refractivity (Wildman–Crippen MR) is 106 cm³/mol. The van der Waals surface area contributed by atoms with Crippen LogP contribution in [0.5, 0.6) is 11.5 Å². The van der Waals surface area contributed by atoms with Gasteiger partial charge in [-0.2, -0.15) is 0 Å². The molecule has 1 fully saturated rings. The highest BCUT2D eigenvalue weighted by Gasteiger charge is 2.50. The maximum Gasteiger partial charge on any atom is 0.231 e. The molecule has 1 aliphatic carbocycles. The molecule has 0 radical (unpaired) electrons. The maximum absolute atomic E-state index is 13.2. The lowest BCUT2D eigenvalue weighted by Crippen LogP contribution is -2.22. The molecule has 0 bridgehead atoms. The fourth-order valence-corrected chi connectivity index (χ4v) is 4.02. The highest BCUT2D eigenvalue weighted by Crippen LogP contribution is 2.51. The number of carbonyl (C=O) groups is 1. The van der Waals surface area contributed by atoms with E-state index in [9.17, 15) is 9.90 Å². The molecule has 1 aliphatic heterocycles. The van der Waals surface area contributed by atoms with Crippen molar-refractivity contribution in [2.24, 2.45) is 0 Å². The first kappa shape index (κ1) is 17.3. The Morgan fingerprint density at radius 1 is 1.11 bits per heavy atom. The summed E-state index contributed by atoms with van der Waals surface area (Å²) < 4.78 is 10.9. The number of ether oxygens (including phenoxy) is 2. The van der Waals surface area contributed by atoms with Gasteiger partial charge in [0.15, 0.2) is 11.5 Å². The van der Waals surface area contributed by atoms with Crippen molar-refractivity contribution in [3.8, 4) is 11.5 Å². The van der Waals surface area contributed by atoms with Crippen molar-refractivity contribution in [3.05, 3.63) is 59.3 Å². The second kappa shape index (κ2) is 5.85. The van der Waals surface area contributed by atoms with Crippen molar-refractivity contribution in [1.82, 2.24) is 4.98 Å². The third-order valence-corrected chi connectivity index (χ3v) is 5.92. The van der Waals surface area contributed by atoms with Crippen LogP contribution < -0.4 is 9.47 Å². The summed E-state index contributed by atoms with van der Waals surface area (Å²) in [7, 11) is 0. The molecule has 1 saturated carbocycles. The number of nitrogens with one attached hydrogen (secondary N) is 1. The van der Waals surface area contributed by atoms with Gasteiger partial charge in [0.05, 0.1) is 11.0 Å². The van der Waals surface area contributed by atoms with E-state index in [0.717, 1.165) is 52.1 Å². The van der Waals surface area contributed by atoms with Gasteiger partial charge >= 0.3 is 0 Å². The van der Waals surface area contributed by atoms with Crippen LogP contribution in [0, 0.1) is 0 Å². The zero-order valence-electron chi connectivity index (χ0n) is 16.0. The molecule has 2 heterocycles. The molecule has 0 amide bonds. The summed E-state index contributed by atoms with van der Waals surface area (Å²) >= 11 is 0. The van der Waals surface area contributed by atoms with Crippen molar-refractivity contribution < 1.29 is 19.4 Å². The molecule has 1 aromatic heterocycles. The molecule has 0 saturated heterocycles. The number of fused-ring (bicyclic) bond motifs is 2. The molecule has 2 aromatic carbocycles. The number of aromatic nitrogens is 1. The SMILES string of the molecule is CC(C)(O)c1cc2cc(CC(=O)C3(c4ccc5c(c4)OCO5)CC3)ccc2[nH]1. The molecule has 2 aliphatic rings. The molecule has 0 spiro atoms. The van der Waals surface area contributed by atoms with Gasteiger partial charge in [-0.05, 0) is 68.1 Å². The van der Waals surface area contributed by atoms with E-state index in [0.29, 0.717) is 6.42 Å². The third kappa shape index (κ3) is 2.78. The van der Waals surface area contributed by atoms with E-state index in [-0.39, 0.29) is 12.6 Å². The minimum Gasteiger partial charge on any atom is -0.454 e. The number of aliphatic hydroxyl groups is 1. The summed E-state index contributed by atoms with van der Waals surface area (Å²) in [5, 5.41) is 11.2. The molecule has 5 heteroatoms. The fourth-order valence-electron chi connectivity index (χ4n) is 4.02. The van der Waals surface area contributed by atoms with E-state index in [1.165, 1.54) is 0 Å². The van der Waals surface area contributed by atoms with Crippen molar-refractivity contribution in [2.75, 3.05) is 6.79 Å². The Balaban J connectivity index is 1.40. The van der Waals surface area contributed by atoms with E-state index in [1.807, 2.05) is 42.5 Å². The highest BCUT2D eigenvalue weighted by atomic mass is 16.7. The van der Waals surface area contributed by atoms with Crippen LogP contribution in [0.4, 0.5) is 0 Å². The quantitative estimate of drug-likeness (QED) is 0.706. The number of carbonyl (C=O) groups excluding carboxylic acids is 1. The number of Topliss-reactive ketones (excluding diaryl/α,β-unsaturated/α-hetero) is 1. The summed E-state index contributed by atoms with van der Waals surface area (Å²) in [5.41, 5.74) is 2.42. The van der Waals surface area contributed by atoms with E-state index < -0.39 is 11.0 Å². The summed E-state index contributed by atoms with van der Waals surface area (Å²) in [6.45, 7) is 3.75. The van der Waals surface area contributed by atoms with Gasteiger partial charge < -0.3 is 19.6 Å². The topological polar surface area (TPSA) is 71.6 Å². The normalized spacial score (nSPS) is 17.1. The molecule has 28 heavy (non-hydrogen) atoms. The van der Waals surface area contributed by atoms with Crippen molar-refractivity contribution >= 4 is 16.7 Å². The van der Waals surface area contributed by atoms with Gasteiger partial charge in [0.1, 0.15) is 5.78 Å². The Labute approximate surface area is 163 Å². The standard InChI is InChI=1S/C23H23NO4/c1-22(2,26)20-11-15-9-14(3-5-17(15)24-20)10-21(25)23(7-8-23)16-4-6-18-19(12-16)28-13-27-18/h3-6,9,11-12,24,26H,7-8,10,13H2,1-2H3. The van der Waals surface area contributed by atoms with Crippen LogP contribution in [0.3, 0.4) is 0 Å². The number of ketones is 1. The number of rotatable bonds is 5. The van der Waals surface area contributed by atoms with Crippen molar-refractivity contribution in [1.29, 1.82) is 0 Å². The van der Waals surface area contributed by atoms with Crippen LogP contribution in [0.2, 0.25) is 0 Å². The van der Waals surface area contributed by atoms with E-state index in [1.54, 1.807) is 13.8 Å². The largest absolute Gasteiger partial charge is 0.454 e. The number of aromatic amines is 1. The first-order valence-corrected chi connectivity index (χ1v) is 9.63. The molecule has 3 aromatic rings. The van der Waals surface area contributed by atoms with Gasteiger partial charge in [-0.1, -0.05) is 12.1 Å². The first-order valence-electron chi connectivity index (χ1n) is 9.63. The number of benzene rings is 2. The molecular weight excluding hydrogens is 354 g/mol. The lowest BCUT2D eigenvalue weighted by atomic mass is 9.87. The maximum atomic E-state index is 13.2. The van der Waals surface area contributed by atoms with Crippen LogP contribution in [0.1, 0.15) is 43.5 Å². The third-order valence-electron chi connectivity index (χ3n) is 5.92. The summed E-state index contributed by atoms with van der Waals surface area (Å²) in [6.07, 6.45) is 2.15. The first-order chi connectivity index (χ1) is 13.3. The average molecular weight is 377 g/mol. The second-order valence-corrected chi connectivity index (χ2v) is 8.41. The number of hydrogen-bond acceptors (Lipinski definition) is 4. The van der Waals surface area contributed by atoms with Gasteiger partial charge in [0.2, 0.25) is 6.79 Å². The molecule has 144 valence electrons. The van der Waals surface area contributed by atoms with Crippen LogP contribution in [0.15, 0.2) is 42.5 Å². The lowest BCUT2D eigenvalue weighted by molar-refractivity contribution is -0.120. The summed E-state index contributed by atoms with van der Waals surface area (Å²) in [6, 6.07) is 13.8.